The van der Waals surface area contributed by atoms with E-state index in [2.05, 4.69) is 53.6 Å². The maximum Gasteiger partial charge on any atom is 0.213 e. The molecular weight excluding hydrogens is 478 g/mol. The summed E-state index contributed by atoms with van der Waals surface area (Å²) in [5.41, 5.74) is 6.21. The molecule has 1 N–H and O–H groups in total. The summed E-state index contributed by atoms with van der Waals surface area (Å²) < 4.78 is 31.7. The molecule has 0 bridgehead atoms. The molecule has 3 aromatic heterocycles. The van der Waals surface area contributed by atoms with Crippen molar-refractivity contribution in [3.63, 3.8) is 0 Å². The lowest BCUT2D eigenvalue weighted by atomic mass is 9.89. The molecule has 35 heavy (non-hydrogen) atoms. The second-order valence-electron chi connectivity index (χ2n) is 9.59. The number of aromatic nitrogens is 1. The molecular formula is C27H33N3O3S2. The molecule has 0 aliphatic carbocycles. The number of aryl methyl sites for hydroxylation is 1. The van der Waals surface area contributed by atoms with Gasteiger partial charge in [-0.25, -0.2) is 12.7 Å². The molecule has 4 aromatic rings. The standard InChI is InChI=1S/C27H33N3O3S2/c1-4-35(31,32)30-9-7-20(8-10-30)26-15-28-27-19(2)12-21(14-25(26)27)22-13-24(34-18-22)17-29(3)16-23-6-5-11-33-23/h5-6,11-15,18,20,28H,4,7-10,16-17H2,1-3H3. The van der Waals surface area contributed by atoms with Crippen LogP contribution in [0.1, 0.15) is 47.4 Å². The summed E-state index contributed by atoms with van der Waals surface area (Å²) in [5, 5.41) is 3.51. The van der Waals surface area contributed by atoms with Gasteiger partial charge >= 0.3 is 0 Å². The number of hydrogen-bond donors (Lipinski definition) is 1. The quantitative estimate of drug-likeness (QED) is 0.317. The lowest BCUT2D eigenvalue weighted by molar-refractivity contribution is 0.290. The van der Waals surface area contributed by atoms with E-state index in [4.69, 9.17) is 4.42 Å². The van der Waals surface area contributed by atoms with Gasteiger partial charge in [0.15, 0.2) is 0 Å². The van der Waals surface area contributed by atoms with Crippen molar-refractivity contribution in [2.24, 2.45) is 0 Å². The lowest BCUT2D eigenvalue weighted by Crippen LogP contribution is -2.38. The van der Waals surface area contributed by atoms with Crippen LogP contribution in [0.25, 0.3) is 22.0 Å². The highest BCUT2D eigenvalue weighted by Gasteiger charge is 2.28. The van der Waals surface area contributed by atoms with E-state index in [9.17, 15) is 8.42 Å². The average Bonchev–Trinajstić information content (AvgIpc) is 3.60. The van der Waals surface area contributed by atoms with Crippen LogP contribution < -0.4 is 0 Å². The van der Waals surface area contributed by atoms with Gasteiger partial charge in [0.1, 0.15) is 5.76 Å². The van der Waals surface area contributed by atoms with E-state index < -0.39 is 10.0 Å². The number of rotatable bonds is 8. The Kier molecular flexibility index (Phi) is 6.90. The molecule has 0 saturated carbocycles. The van der Waals surface area contributed by atoms with Crippen molar-refractivity contribution in [1.29, 1.82) is 0 Å². The van der Waals surface area contributed by atoms with Gasteiger partial charge in [0, 0.05) is 41.6 Å². The van der Waals surface area contributed by atoms with Crippen LogP contribution in [0.5, 0.6) is 0 Å². The van der Waals surface area contributed by atoms with E-state index in [1.165, 1.54) is 38.0 Å². The third kappa shape index (κ3) is 5.11. The van der Waals surface area contributed by atoms with Crippen molar-refractivity contribution in [1.82, 2.24) is 14.2 Å². The number of furan rings is 1. The molecule has 8 heteroatoms. The van der Waals surface area contributed by atoms with Gasteiger partial charge in [-0.15, -0.1) is 11.3 Å². The van der Waals surface area contributed by atoms with E-state index >= 15 is 0 Å². The molecule has 1 aliphatic heterocycles. The molecule has 5 rings (SSSR count). The topological polar surface area (TPSA) is 69.6 Å². The van der Waals surface area contributed by atoms with Crippen LogP contribution in [-0.4, -0.2) is 48.5 Å². The third-order valence-corrected chi connectivity index (χ3v) is 9.89. The summed E-state index contributed by atoms with van der Waals surface area (Å²) >= 11 is 1.79. The Bertz CT molecular complexity index is 1390. The normalized spacial score (nSPS) is 16.0. The highest BCUT2D eigenvalue weighted by atomic mass is 32.2. The summed E-state index contributed by atoms with van der Waals surface area (Å²) in [6, 6.07) is 10.8. The van der Waals surface area contributed by atoms with E-state index in [1.807, 2.05) is 12.1 Å². The van der Waals surface area contributed by atoms with Crippen LogP contribution in [0, 0.1) is 6.92 Å². The minimum atomic E-state index is -3.11. The average molecular weight is 512 g/mol. The van der Waals surface area contributed by atoms with E-state index in [-0.39, 0.29) is 5.75 Å². The molecule has 186 valence electrons. The summed E-state index contributed by atoms with van der Waals surface area (Å²) in [4.78, 5) is 7.08. The van der Waals surface area contributed by atoms with Gasteiger partial charge in [0.05, 0.1) is 18.6 Å². The number of fused-ring (bicyclic) bond motifs is 1. The molecule has 0 amide bonds. The SMILES string of the molecule is CCS(=O)(=O)N1CCC(c2c[nH]c3c(C)cc(-c4csc(CN(C)Cc5ccco5)c4)cc23)CC1. The highest BCUT2D eigenvalue weighted by Crippen LogP contribution is 2.38. The maximum atomic E-state index is 12.3. The summed E-state index contributed by atoms with van der Waals surface area (Å²) in [7, 11) is -0.996. The van der Waals surface area contributed by atoms with Crippen molar-refractivity contribution in [3.8, 4) is 11.1 Å². The van der Waals surface area contributed by atoms with Gasteiger partial charge in [0.2, 0.25) is 10.0 Å². The van der Waals surface area contributed by atoms with E-state index in [1.54, 1.807) is 28.8 Å². The second-order valence-corrected chi connectivity index (χ2v) is 12.8. The van der Waals surface area contributed by atoms with Crippen molar-refractivity contribution < 1.29 is 12.8 Å². The summed E-state index contributed by atoms with van der Waals surface area (Å²) in [5.74, 6) is 1.52. The van der Waals surface area contributed by atoms with Crippen LogP contribution >= 0.6 is 11.3 Å². The molecule has 0 radical (unpaired) electrons. The highest BCUT2D eigenvalue weighted by molar-refractivity contribution is 7.89. The predicted molar refractivity (Wildman–Crippen MR) is 143 cm³/mol. The Morgan fingerprint density at radius 1 is 1.17 bits per heavy atom. The summed E-state index contributed by atoms with van der Waals surface area (Å²) in [6.45, 7) is 6.75. The van der Waals surface area contributed by atoms with Crippen LogP contribution in [0.15, 0.2) is 52.6 Å². The number of nitrogens with zero attached hydrogens (tertiary/aromatic N) is 2. The molecule has 0 atom stereocenters. The fraction of sp³-hybridized carbons (Fsp3) is 0.407. The number of piperidine rings is 1. The Morgan fingerprint density at radius 3 is 2.69 bits per heavy atom. The minimum absolute atomic E-state index is 0.175. The van der Waals surface area contributed by atoms with Gasteiger partial charge in [0.25, 0.3) is 0 Å². The van der Waals surface area contributed by atoms with Crippen molar-refractivity contribution in [2.45, 2.75) is 45.7 Å². The van der Waals surface area contributed by atoms with Crippen LogP contribution in [0.4, 0.5) is 0 Å². The molecule has 6 nitrogen and oxygen atoms in total. The zero-order valence-corrected chi connectivity index (χ0v) is 22.2. The molecule has 0 unspecified atom stereocenters. The molecule has 0 spiro atoms. The molecule has 1 saturated heterocycles. The summed E-state index contributed by atoms with van der Waals surface area (Å²) in [6.07, 6.45) is 5.58. The fourth-order valence-electron chi connectivity index (χ4n) is 5.17. The third-order valence-electron chi connectivity index (χ3n) is 7.09. The van der Waals surface area contributed by atoms with Crippen molar-refractivity contribution >= 4 is 32.3 Å². The first-order chi connectivity index (χ1) is 16.8. The number of sulfonamides is 1. The number of benzene rings is 1. The number of hydrogen-bond acceptors (Lipinski definition) is 5. The Balaban J connectivity index is 1.35. The van der Waals surface area contributed by atoms with Crippen LogP contribution in [0.2, 0.25) is 0 Å². The monoisotopic (exact) mass is 511 g/mol. The van der Waals surface area contributed by atoms with Gasteiger partial charge in [-0.05, 0) is 97.6 Å². The van der Waals surface area contributed by atoms with Gasteiger partial charge in [-0.1, -0.05) is 0 Å². The Labute approximate surface area is 211 Å². The van der Waals surface area contributed by atoms with Gasteiger partial charge in [-0.3, -0.25) is 4.90 Å². The van der Waals surface area contributed by atoms with E-state index in [0.717, 1.165) is 31.7 Å². The van der Waals surface area contributed by atoms with Crippen molar-refractivity contribution in [3.05, 3.63) is 69.9 Å². The minimum Gasteiger partial charge on any atom is -0.468 e. The predicted octanol–water partition coefficient (Wildman–Crippen LogP) is 5.96. The van der Waals surface area contributed by atoms with Gasteiger partial charge < -0.3 is 9.40 Å². The number of thiophene rings is 1. The Morgan fingerprint density at radius 2 is 1.97 bits per heavy atom. The number of aromatic amines is 1. The number of H-pyrrole nitrogens is 1. The smallest absolute Gasteiger partial charge is 0.213 e. The van der Waals surface area contributed by atoms with Crippen molar-refractivity contribution in [2.75, 3.05) is 25.9 Å². The van der Waals surface area contributed by atoms with Gasteiger partial charge in [-0.2, -0.15) is 0 Å². The van der Waals surface area contributed by atoms with Crippen LogP contribution in [-0.2, 0) is 23.1 Å². The first kappa shape index (κ1) is 24.3. The maximum absolute atomic E-state index is 12.3. The Hall–Kier alpha value is -2.39. The first-order valence-corrected chi connectivity index (χ1v) is 14.7. The molecule has 4 heterocycles. The fourth-order valence-corrected chi connectivity index (χ4v) is 7.28. The number of nitrogens with one attached hydrogen (secondary N) is 1. The zero-order valence-electron chi connectivity index (χ0n) is 20.6. The molecule has 1 aliphatic rings. The molecule has 1 fully saturated rings. The lowest BCUT2D eigenvalue weighted by Gasteiger charge is -2.31. The first-order valence-electron chi connectivity index (χ1n) is 12.2. The second kappa shape index (κ2) is 9.93. The zero-order chi connectivity index (χ0) is 24.6. The molecule has 1 aromatic carbocycles. The van der Waals surface area contributed by atoms with E-state index in [0.29, 0.717) is 19.0 Å². The largest absolute Gasteiger partial charge is 0.468 e. The van der Waals surface area contributed by atoms with Crippen LogP contribution in [0.3, 0.4) is 0 Å².